The summed E-state index contributed by atoms with van der Waals surface area (Å²) in [6, 6.07) is 13.1. The second-order valence-corrected chi connectivity index (χ2v) is 7.12. The van der Waals surface area contributed by atoms with Crippen molar-refractivity contribution in [2.75, 3.05) is 11.9 Å². The van der Waals surface area contributed by atoms with Gasteiger partial charge in [0.05, 0.1) is 12.1 Å². The topological polar surface area (TPSA) is 102 Å². The number of nitrogens with one attached hydrogen (secondary N) is 2. The Balaban J connectivity index is 1.43. The van der Waals surface area contributed by atoms with Crippen LogP contribution in [0.5, 0.6) is 0 Å². The summed E-state index contributed by atoms with van der Waals surface area (Å²) >= 11 is 3.39. The number of aryl methyl sites for hydroxylation is 1. The fraction of sp³-hybridized carbons (Fsp3) is 0.211. The number of amides is 2. The fourth-order valence-electron chi connectivity index (χ4n) is 2.55. The average Bonchev–Trinajstić information content (AvgIpc) is 3.20. The lowest BCUT2D eigenvalue weighted by Gasteiger charge is -2.10. The standard InChI is InChI=1S/C19H19BrN6O2/c1-13-2-5-15(20)11-17(13)23-18(27)8-9-21-19(28)10-14-3-6-16(7-4-14)26-12-22-24-25-26/h2-7,11-12H,8-10H2,1H3,(H,21,28)(H,23,27). The molecular weight excluding hydrogens is 424 g/mol. The molecule has 0 aliphatic carbocycles. The summed E-state index contributed by atoms with van der Waals surface area (Å²) in [5.74, 6) is -0.283. The normalized spacial score (nSPS) is 10.5. The SMILES string of the molecule is Cc1ccc(Br)cc1NC(=O)CCNC(=O)Cc1ccc(-n2cnnn2)cc1. The molecule has 28 heavy (non-hydrogen) atoms. The third-order valence-corrected chi connectivity index (χ3v) is 4.56. The number of tetrazole rings is 1. The number of aromatic nitrogens is 4. The van der Waals surface area contributed by atoms with Crippen LogP contribution in [0.3, 0.4) is 0 Å². The minimum atomic E-state index is -0.146. The maximum atomic E-state index is 12.1. The third kappa shape index (κ3) is 5.46. The van der Waals surface area contributed by atoms with Gasteiger partial charge >= 0.3 is 0 Å². The third-order valence-electron chi connectivity index (χ3n) is 4.06. The van der Waals surface area contributed by atoms with Gasteiger partial charge in [0, 0.05) is 23.1 Å². The Bertz CT molecular complexity index is 957. The van der Waals surface area contributed by atoms with E-state index in [0.29, 0.717) is 0 Å². The van der Waals surface area contributed by atoms with Crippen LogP contribution < -0.4 is 10.6 Å². The highest BCUT2D eigenvalue weighted by Gasteiger charge is 2.08. The van der Waals surface area contributed by atoms with Crippen LogP contribution in [0, 0.1) is 6.92 Å². The summed E-state index contributed by atoms with van der Waals surface area (Å²) in [6.45, 7) is 2.20. The van der Waals surface area contributed by atoms with Crippen molar-refractivity contribution < 1.29 is 9.59 Å². The molecule has 0 aliphatic rings. The molecule has 1 heterocycles. The zero-order valence-electron chi connectivity index (χ0n) is 15.2. The Labute approximate surface area is 170 Å². The van der Waals surface area contributed by atoms with Gasteiger partial charge in [-0.3, -0.25) is 9.59 Å². The van der Waals surface area contributed by atoms with Gasteiger partial charge in [-0.2, -0.15) is 0 Å². The fourth-order valence-corrected chi connectivity index (χ4v) is 2.91. The Morgan fingerprint density at radius 1 is 1.11 bits per heavy atom. The summed E-state index contributed by atoms with van der Waals surface area (Å²) in [7, 11) is 0. The summed E-state index contributed by atoms with van der Waals surface area (Å²) in [6.07, 6.45) is 1.95. The number of rotatable bonds is 7. The first-order chi connectivity index (χ1) is 13.5. The molecule has 0 atom stereocenters. The first kappa shape index (κ1) is 19.7. The van der Waals surface area contributed by atoms with Gasteiger partial charge in [-0.15, -0.1) is 5.10 Å². The van der Waals surface area contributed by atoms with E-state index in [1.165, 1.54) is 11.0 Å². The van der Waals surface area contributed by atoms with Gasteiger partial charge in [0.1, 0.15) is 6.33 Å². The van der Waals surface area contributed by atoms with Gasteiger partial charge in [0.2, 0.25) is 11.8 Å². The number of carbonyl (C=O) groups excluding carboxylic acids is 2. The van der Waals surface area contributed by atoms with Crippen LogP contribution in [0.15, 0.2) is 53.3 Å². The van der Waals surface area contributed by atoms with E-state index in [4.69, 9.17) is 0 Å². The summed E-state index contributed by atoms with van der Waals surface area (Å²) in [5, 5.41) is 16.6. The second kappa shape index (κ2) is 9.23. The lowest BCUT2D eigenvalue weighted by molar-refractivity contribution is -0.120. The van der Waals surface area contributed by atoms with E-state index < -0.39 is 0 Å². The molecule has 0 saturated carbocycles. The number of hydrogen-bond donors (Lipinski definition) is 2. The number of anilines is 1. The molecule has 0 saturated heterocycles. The van der Waals surface area contributed by atoms with Crippen molar-refractivity contribution in [3.63, 3.8) is 0 Å². The van der Waals surface area contributed by atoms with Crippen molar-refractivity contribution in [3.05, 3.63) is 64.4 Å². The predicted octanol–water partition coefficient (Wildman–Crippen LogP) is 2.42. The van der Waals surface area contributed by atoms with Crippen molar-refractivity contribution in [1.82, 2.24) is 25.5 Å². The van der Waals surface area contributed by atoms with Crippen LogP contribution in [-0.2, 0) is 16.0 Å². The monoisotopic (exact) mass is 442 g/mol. The zero-order chi connectivity index (χ0) is 19.9. The molecule has 2 N–H and O–H groups in total. The lowest BCUT2D eigenvalue weighted by Crippen LogP contribution is -2.29. The Kier molecular flexibility index (Phi) is 6.49. The smallest absolute Gasteiger partial charge is 0.226 e. The van der Waals surface area contributed by atoms with Crippen LogP contribution in [0.2, 0.25) is 0 Å². The highest BCUT2D eigenvalue weighted by molar-refractivity contribution is 9.10. The molecule has 3 aromatic rings. The molecule has 2 aromatic carbocycles. The van der Waals surface area contributed by atoms with Crippen LogP contribution in [0.1, 0.15) is 17.5 Å². The molecule has 0 spiro atoms. The summed E-state index contributed by atoms with van der Waals surface area (Å²) < 4.78 is 2.43. The predicted molar refractivity (Wildman–Crippen MR) is 108 cm³/mol. The molecule has 9 heteroatoms. The van der Waals surface area contributed by atoms with E-state index >= 15 is 0 Å². The van der Waals surface area contributed by atoms with E-state index in [1.54, 1.807) is 0 Å². The van der Waals surface area contributed by atoms with Crippen molar-refractivity contribution in [2.24, 2.45) is 0 Å². The molecule has 0 fully saturated rings. The van der Waals surface area contributed by atoms with Crippen LogP contribution in [-0.4, -0.2) is 38.6 Å². The summed E-state index contributed by atoms with van der Waals surface area (Å²) in [5.41, 5.74) is 3.41. The number of nitrogens with zero attached hydrogens (tertiary/aromatic N) is 4. The highest BCUT2D eigenvalue weighted by atomic mass is 79.9. The second-order valence-electron chi connectivity index (χ2n) is 6.20. The molecule has 2 amide bonds. The van der Waals surface area contributed by atoms with E-state index in [0.717, 1.165) is 27.0 Å². The van der Waals surface area contributed by atoms with Crippen molar-refractivity contribution >= 4 is 33.4 Å². The number of carbonyl (C=O) groups is 2. The maximum absolute atomic E-state index is 12.1. The Morgan fingerprint density at radius 2 is 1.89 bits per heavy atom. The maximum Gasteiger partial charge on any atom is 0.226 e. The minimum Gasteiger partial charge on any atom is -0.355 e. The van der Waals surface area contributed by atoms with Crippen molar-refractivity contribution in [2.45, 2.75) is 19.8 Å². The quantitative estimate of drug-likeness (QED) is 0.584. The van der Waals surface area contributed by atoms with Gasteiger partial charge in [-0.25, -0.2) is 4.68 Å². The van der Waals surface area contributed by atoms with Crippen LogP contribution in [0.25, 0.3) is 5.69 Å². The molecular formula is C19H19BrN6O2. The molecule has 0 radical (unpaired) electrons. The molecule has 3 rings (SSSR count). The number of halogens is 1. The minimum absolute atomic E-state index is 0.137. The van der Waals surface area contributed by atoms with Gasteiger partial charge in [-0.05, 0) is 52.7 Å². The molecule has 0 bridgehead atoms. The van der Waals surface area contributed by atoms with Crippen LogP contribution in [0.4, 0.5) is 5.69 Å². The molecule has 144 valence electrons. The van der Waals surface area contributed by atoms with Gasteiger partial charge in [-0.1, -0.05) is 34.1 Å². The van der Waals surface area contributed by atoms with E-state index in [-0.39, 0.29) is 31.2 Å². The number of hydrogen-bond acceptors (Lipinski definition) is 5. The molecule has 1 aromatic heterocycles. The largest absolute Gasteiger partial charge is 0.355 e. The zero-order valence-corrected chi connectivity index (χ0v) is 16.8. The van der Waals surface area contributed by atoms with E-state index in [9.17, 15) is 9.59 Å². The molecule has 0 unspecified atom stereocenters. The first-order valence-electron chi connectivity index (χ1n) is 8.66. The van der Waals surface area contributed by atoms with E-state index in [2.05, 4.69) is 42.1 Å². The number of benzene rings is 2. The van der Waals surface area contributed by atoms with Crippen molar-refractivity contribution in [3.8, 4) is 5.69 Å². The average molecular weight is 443 g/mol. The summed E-state index contributed by atoms with van der Waals surface area (Å²) in [4.78, 5) is 24.1. The Morgan fingerprint density at radius 3 is 2.61 bits per heavy atom. The van der Waals surface area contributed by atoms with Gasteiger partial charge in [0.15, 0.2) is 0 Å². The van der Waals surface area contributed by atoms with Gasteiger partial charge < -0.3 is 10.6 Å². The molecule has 0 aliphatic heterocycles. The van der Waals surface area contributed by atoms with E-state index in [1.807, 2.05) is 49.4 Å². The van der Waals surface area contributed by atoms with Gasteiger partial charge in [0.25, 0.3) is 0 Å². The van der Waals surface area contributed by atoms with Crippen LogP contribution >= 0.6 is 15.9 Å². The first-order valence-corrected chi connectivity index (χ1v) is 9.45. The van der Waals surface area contributed by atoms with Crippen molar-refractivity contribution in [1.29, 1.82) is 0 Å². The highest BCUT2D eigenvalue weighted by Crippen LogP contribution is 2.20. The Hall–Kier alpha value is -3.07. The molecule has 8 nitrogen and oxygen atoms in total. The lowest BCUT2D eigenvalue weighted by atomic mass is 10.1.